The highest BCUT2D eigenvalue weighted by Crippen LogP contribution is 2.58. The van der Waals surface area contributed by atoms with Crippen LogP contribution in [0.5, 0.6) is 0 Å². The Labute approximate surface area is 133 Å². The SMILES string of the molecule is Cc1cc(Br)cc(NC(=O)C2(N)C3CCOC3C2(C)C)c1. The van der Waals surface area contributed by atoms with Crippen LogP contribution in [0.25, 0.3) is 0 Å². The number of anilines is 1. The van der Waals surface area contributed by atoms with Crippen LogP contribution >= 0.6 is 15.9 Å². The first-order chi connectivity index (χ1) is 9.76. The molecule has 1 aromatic carbocycles. The van der Waals surface area contributed by atoms with Crippen molar-refractivity contribution >= 4 is 27.5 Å². The topological polar surface area (TPSA) is 64.4 Å². The van der Waals surface area contributed by atoms with E-state index in [1.54, 1.807) is 0 Å². The maximum Gasteiger partial charge on any atom is 0.245 e. The molecule has 4 nitrogen and oxygen atoms in total. The molecule has 2 fully saturated rings. The van der Waals surface area contributed by atoms with Gasteiger partial charge in [-0.25, -0.2) is 0 Å². The number of benzene rings is 1. The number of hydrogen-bond donors (Lipinski definition) is 2. The number of amides is 1. The zero-order valence-electron chi connectivity index (χ0n) is 12.6. The quantitative estimate of drug-likeness (QED) is 0.859. The van der Waals surface area contributed by atoms with Gasteiger partial charge in [-0.05, 0) is 37.1 Å². The molecule has 5 heteroatoms. The van der Waals surface area contributed by atoms with Crippen molar-refractivity contribution < 1.29 is 9.53 Å². The number of carbonyl (C=O) groups is 1. The van der Waals surface area contributed by atoms with Gasteiger partial charge >= 0.3 is 0 Å². The van der Waals surface area contributed by atoms with Gasteiger partial charge in [0.1, 0.15) is 5.54 Å². The summed E-state index contributed by atoms with van der Waals surface area (Å²) in [5.41, 5.74) is 7.17. The van der Waals surface area contributed by atoms with Crippen molar-refractivity contribution in [2.75, 3.05) is 11.9 Å². The highest BCUT2D eigenvalue weighted by Gasteiger charge is 2.71. The molecule has 3 unspecified atom stereocenters. The summed E-state index contributed by atoms with van der Waals surface area (Å²) in [6, 6.07) is 5.84. The smallest absolute Gasteiger partial charge is 0.245 e. The zero-order valence-corrected chi connectivity index (χ0v) is 14.2. The van der Waals surface area contributed by atoms with Gasteiger partial charge in [-0.15, -0.1) is 0 Å². The minimum atomic E-state index is -0.871. The third-order valence-corrected chi connectivity index (χ3v) is 5.59. The lowest BCUT2D eigenvalue weighted by Crippen LogP contribution is -2.79. The molecule has 2 aliphatic rings. The third-order valence-electron chi connectivity index (χ3n) is 5.13. The number of carbonyl (C=O) groups excluding carboxylic acids is 1. The molecule has 1 saturated heterocycles. The molecule has 3 atom stereocenters. The van der Waals surface area contributed by atoms with E-state index in [-0.39, 0.29) is 23.3 Å². The van der Waals surface area contributed by atoms with Crippen LogP contribution in [-0.2, 0) is 9.53 Å². The van der Waals surface area contributed by atoms with Gasteiger partial charge in [-0.3, -0.25) is 4.79 Å². The lowest BCUT2D eigenvalue weighted by molar-refractivity contribution is -0.170. The fourth-order valence-corrected chi connectivity index (χ4v) is 4.50. The summed E-state index contributed by atoms with van der Waals surface area (Å²) < 4.78 is 6.68. The standard InChI is InChI=1S/C16H21BrN2O2/c1-9-6-10(17)8-11(7-9)19-14(20)16(18)12-4-5-21-13(12)15(16,2)3/h6-8,12-13H,4-5,18H2,1-3H3,(H,19,20). The van der Waals surface area contributed by atoms with E-state index in [9.17, 15) is 4.79 Å². The van der Waals surface area contributed by atoms with Crippen LogP contribution in [-0.4, -0.2) is 24.2 Å². The third kappa shape index (κ3) is 2.05. The lowest BCUT2D eigenvalue weighted by Gasteiger charge is -2.60. The van der Waals surface area contributed by atoms with Gasteiger partial charge < -0.3 is 15.8 Å². The average molecular weight is 353 g/mol. The van der Waals surface area contributed by atoms with E-state index in [4.69, 9.17) is 10.5 Å². The number of nitrogens with two attached hydrogens (primary N) is 1. The van der Waals surface area contributed by atoms with E-state index in [1.165, 1.54) is 0 Å². The molecule has 1 aliphatic carbocycles. The number of aryl methyl sites for hydroxylation is 1. The fourth-order valence-electron chi connectivity index (χ4n) is 3.89. The predicted molar refractivity (Wildman–Crippen MR) is 86.1 cm³/mol. The van der Waals surface area contributed by atoms with Gasteiger partial charge in [0.05, 0.1) is 6.10 Å². The second-order valence-corrected chi connectivity index (χ2v) is 7.66. The number of halogens is 1. The first-order valence-electron chi connectivity index (χ1n) is 7.26. The van der Waals surface area contributed by atoms with Gasteiger partial charge in [-0.1, -0.05) is 29.8 Å². The molecule has 1 aromatic rings. The van der Waals surface area contributed by atoms with Gasteiger partial charge in [0.15, 0.2) is 0 Å². The van der Waals surface area contributed by atoms with Gasteiger partial charge in [-0.2, -0.15) is 0 Å². The van der Waals surface area contributed by atoms with Crippen molar-refractivity contribution in [2.45, 2.75) is 38.8 Å². The summed E-state index contributed by atoms with van der Waals surface area (Å²) >= 11 is 3.45. The maximum absolute atomic E-state index is 12.8. The first-order valence-corrected chi connectivity index (χ1v) is 8.05. The summed E-state index contributed by atoms with van der Waals surface area (Å²) in [6.07, 6.45) is 0.952. The second kappa shape index (κ2) is 4.80. The molecule has 1 heterocycles. The number of hydrogen-bond acceptors (Lipinski definition) is 3. The van der Waals surface area contributed by atoms with Gasteiger partial charge in [0, 0.05) is 28.1 Å². The molecular weight excluding hydrogens is 332 g/mol. The molecule has 0 spiro atoms. The van der Waals surface area contributed by atoms with Crippen molar-refractivity contribution in [3.05, 3.63) is 28.2 Å². The molecule has 3 N–H and O–H groups in total. The second-order valence-electron chi connectivity index (χ2n) is 6.75. The molecule has 1 amide bonds. The van der Waals surface area contributed by atoms with Crippen molar-refractivity contribution in [3.8, 4) is 0 Å². The average Bonchev–Trinajstić information content (AvgIpc) is 2.84. The highest BCUT2D eigenvalue weighted by molar-refractivity contribution is 9.10. The Balaban J connectivity index is 1.85. The van der Waals surface area contributed by atoms with Crippen molar-refractivity contribution in [1.82, 2.24) is 0 Å². The Morgan fingerprint density at radius 1 is 1.43 bits per heavy atom. The number of rotatable bonds is 2. The van der Waals surface area contributed by atoms with Gasteiger partial charge in [0.25, 0.3) is 0 Å². The van der Waals surface area contributed by atoms with Crippen LogP contribution in [0.4, 0.5) is 5.69 Å². The molecule has 0 radical (unpaired) electrons. The van der Waals surface area contributed by atoms with Crippen molar-refractivity contribution in [3.63, 3.8) is 0 Å². The number of ether oxygens (including phenoxy) is 1. The summed E-state index contributed by atoms with van der Waals surface area (Å²) in [7, 11) is 0. The molecule has 1 saturated carbocycles. The van der Waals surface area contributed by atoms with E-state index < -0.39 is 5.54 Å². The molecule has 1 aliphatic heterocycles. The van der Waals surface area contributed by atoms with E-state index in [1.807, 2.05) is 39.0 Å². The summed E-state index contributed by atoms with van der Waals surface area (Å²) in [5.74, 6) is -0.00231. The van der Waals surface area contributed by atoms with E-state index in [0.717, 1.165) is 22.1 Å². The first kappa shape index (κ1) is 15.0. The maximum atomic E-state index is 12.8. The minimum Gasteiger partial charge on any atom is -0.377 e. The van der Waals surface area contributed by atoms with Crippen LogP contribution in [0.2, 0.25) is 0 Å². The molecule has 114 valence electrons. The summed E-state index contributed by atoms with van der Waals surface area (Å²) in [5, 5.41) is 2.98. The van der Waals surface area contributed by atoms with Gasteiger partial charge in [0.2, 0.25) is 5.91 Å². The monoisotopic (exact) mass is 352 g/mol. The van der Waals surface area contributed by atoms with E-state index in [2.05, 4.69) is 21.2 Å². The predicted octanol–water partition coefficient (Wildman–Crippen LogP) is 2.84. The molecule has 21 heavy (non-hydrogen) atoms. The molecule has 3 rings (SSSR count). The van der Waals surface area contributed by atoms with Crippen LogP contribution in [0, 0.1) is 18.3 Å². The summed E-state index contributed by atoms with van der Waals surface area (Å²) in [4.78, 5) is 12.8. The van der Waals surface area contributed by atoms with Crippen LogP contribution in [0.15, 0.2) is 22.7 Å². The van der Waals surface area contributed by atoms with Crippen molar-refractivity contribution in [2.24, 2.45) is 17.1 Å². The van der Waals surface area contributed by atoms with Crippen LogP contribution in [0.3, 0.4) is 0 Å². The summed E-state index contributed by atoms with van der Waals surface area (Å²) in [6.45, 7) is 6.73. The minimum absolute atomic E-state index is 0.0949. The van der Waals surface area contributed by atoms with E-state index in [0.29, 0.717) is 6.61 Å². The zero-order chi connectivity index (χ0) is 15.4. The Bertz CT molecular complexity index is 582. The number of fused-ring (bicyclic) bond motifs is 1. The number of nitrogens with one attached hydrogen (secondary N) is 1. The normalized spacial score (nSPS) is 33.2. The fraction of sp³-hybridized carbons (Fsp3) is 0.562. The van der Waals surface area contributed by atoms with Crippen LogP contribution < -0.4 is 11.1 Å². The Morgan fingerprint density at radius 3 is 2.81 bits per heavy atom. The highest BCUT2D eigenvalue weighted by atomic mass is 79.9. The van der Waals surface area contributed by atoms with Crippen molar-refractivity contribution in [1.29, 1.82) is 0 Å². The van der Waals surface area contributed by atoms with E-state index >= 15 is 0 Å². The largest absolute Gasteiger partial charge is 0.377 e. The Hall–Kier alpha value is -0.910. The molecule has 0 bridgehead atoms. The molecule has 0 aromatic heterocycles. The Kier molecular flexibility index (Phi) is 3.43. The van der Waals surface area contributed by atoms with Crippen LogP contribution in [0.1, 0.15) is 25.8 Å². The Morgan fingerprint density at radius 2 is 2.14 bits per heavy atom. The molecular formula is C16H21BrN2O2. The lowest BCUT2D eigenvalue weighted by atomic mass is 9.48.